The Labute approximate surface area is 162 Å². The summed E-state index contributed by atoms with van der Waals surface area (Å²) in [6.07, 6.45) is 1.92. The molecule has 2 aromatic heterocycles. The maximum atomic E-state index is 6.01. The molecule has 3 aromatic rings. The Morgan fingerprint density at radius 2 is 1.78 bits per heavy atom. The Kier molecular flexibility index (Phi) is 5.22. The fourth-order valence-corrected chi connectivity index (χ4v) is 3.10. The van der Waals surface area contributed by atoms with Crippen LogP contribution in [0.15, 0.2) is 36.4 Å². The number of aromatic nitrogens is 4. The lowest BCUT2D eigenvalue weighted by molar-refractivity contribution is 0.0904. The molecule has 4 rings (SSSR count). The largest absolute Gasteiger partial charge is 0.381 e. The highest BCUT2D eigenvalue weighted by molar-refractivity contribution is 6.30. The van der Waals surface area contributed by atoms with Crippen LogP contribution in [-0.4, -0.2) is 39.4 Å². The monoisotopic (exact) mass is 384 g/mol. The third-order valence-electron chi connectivity index (χ3n) is 4.36. The van der Waals surface area contributed by atoms with Gasteiger partial charge in [-0.2, -0.15) is 5.10 Å². The summed E-state index contributed by atoms with van der Waals surface area (Å²) in [5, 5.41) is 14.6. The number of H-pyrrole nitrogens is 1. The number of aryl methyl sites for hydroxylation is 1. The number of hydrogen-bond acceptors (Lipinski definition) is 6. The average Bonchev–Trinajstić information content (AvgIpc) is 3.07. The zero-order valence-electron chi connectivity index (χ0n) is 15.0. The molecule has 0 aliphatic carbocycles. The minimum Gasteiger partial charge on any atom is -0.381 e. The van der Waals surface area contributed by atoms with Gasteiger partial charge in [0.15, 0.2) is 11.6 Å². The Bertz CT molecular complexity index is 905. The zero-order valence-corrected chi connectivity index (χ0v) is 15.8. The van der Waals surface area contributed by atoms with Crippen molar-refractivity contribution >= 4 is 29.1 Å². The van der Waals surface area contributed by atoms with E-state index in [0.29, 0.717) is 28.5 Å². The lowest BCUT2D eigenvalue weighted by Crippen LogP contribution is -2.28. The summed E-state index contributed by atoms with van der Waals surface area (Å²) >= 11 is 6.01. The molecule has 0 saturated carbocycles. The van der Waals surface area contributed by atoms with E-state index in [1.165, 1.54) is 0 Å². The average molecular weight is 385 g/mol. The van der Waals surface area contributed by atoms with Crippen molar-refractivity contribution in [1.82, 2.24) is 20.2 Å². The van der Waals surface area contributed by atoms with Gasteiger partial charge in [-0.1, -0.05) is 11.6 Å². The van der Waals surface area contributed by atoms with E-state index in [2.05, 4.69) is 25.8 Å². The van der Waals surface area contributed by atoms with Gasteiger partial charge < -0.3 is 15.4 Å². The standard InChI is InChI=1S/C19H21ClN6O/c1-12-10-18(26-25-12)22-17-11-16(21-15-6-8-27-9-7-15)23-19(24-17)13-2-4-14(20)5-3-13/h2-5,10-11,15H,6-9H2,1H3,(H3,21,22,23,24,25,26). The minimum atomic E-state index is 0.340. The lowest BCUT2D eigenvalue weighted by atomic mass is 10.1. The number of nitrogens with zero attached hydrogens (tertiary/aromatic N) is 3. The number of anilines is 3. The summed E-state index contributed by atoms with van der Waals surface area (Å²) in [7, 11) is 0. The second-order valence-corrected chi connectivity index (χ2v) is 7.00. The maximum absolute atomic E-state index is 6.01. The highest BCUT2D eigenvalue weighted by Gasteiger charge is 2.16. The molecule has 1 aliphatic heterocycles. The van der Waals surface area contributed by atoms with Crippen LogP contribution in [0.25, 0.3) is 11.4 Å². The highest BCUT2D eigenvalue weighted by Crippen LogP contribution is 2.25. The van der Waals surface area contributed by atoms with Crippen LogP contribution in [0, 0.1) is 6.92 Å². The van der Waals surface area contributed by atoms with Crippen molar-refractivity contribution in [3.63, 3.8) is 0 Å². The van der Waals surface area contributed by atoms with Crippen LogP contribution in [0.4, 0.5) is 17.5 Å². The number of halogens is 1. The lowest BCUT2D eigenvalue weighted by Gasteiger charge is -2.24. The van der Waals surface area contributed by atoms with Crippen molar-refractivity contribution in [2.45, 2.75) is 25.8 Å². The molecule has 27 heavy (non-hydrogen) atoms. The number of rotatable bonds is 5. The van der Waals surface area contributed by atoms with Gasteiger partial charge in [-0.3, -0.25) is 5.10 Å². The topological polar surface area (TPSA) is 87.8 Å². The van der Waals surface area contributed by atoms with Crippen molar-refractivity contribution in [3.8, 4) is 11.4 Å². The van der Waals surface area contributed by atoms with E-state index < -0.39 is 0 Å². The molecule has 0 atom stereocenters. The third-order valence-corrected chi connectivity index (χ3v) is 4.62. The molecule has 0 amide bonds. The summed E-state index contributed by atoms with van der Waals surface area (Å²) in [6.45, 7) is 3.49. The number of hydrogen-bond donors (Lipinski definition) is 3. The summed E-state index contributed by atoms with van der Waals surface area (Å²) in [5.41, 5.74) is 1.88. The molecule has 0 radical (unpaired) electrons. The Balaban J connectivity index is 1.65. The van der Waals surface area contributed by atoms with Gasteiger partial charge in [0.1, 0.15) is 11.6 Å². The Hall–Kier alpha value is -2.64. The molecule has 140 valence electrons. The number of nitrogens with one attached hydrogen (secondary N) is 3. The zero-order chi connectivity index (χ0) is 18.6. The van der Waals surface area contributed by atoms with Crippen LogP contribution in [-0.2, 0) is 4.74 Å². The maximum Gasteiger partial charge on any atom is 0.163 e. The van der Waals surface area contributed by atoms with E-state index in [4.69, 9.17) is 21.3 Å². The van der Waals surface area contributed by atoms with E-state index in [-0.39, 0.29) is 0 Å². The van der Waals surface area contributed by atoms with Gasteiger partial charge in [0.2, 0.25) is 0 Å². The first-order valence-electron chi connectivity index (χ1n) is 8.94. The molecule has 1 aliphatic rings. The number of benzene rings is 1. The minimum absolute atomic E-state index is 0.340. The van der Waals surface area contributed by atoms with Crippen LogP contribution in [0.1, 0.15) is 18.5 Å². The van der Waals surface area contributed by atoms with Crippen LogP contribution < -0.4 is 10.6 Å². The van der Waals surface area contributed by atoms with Crippen molar-refractivity contribution in [2.24, 2.45) is 0 Å². The highest BCUT2D eigenvalue weighted by atomic mass is 35.5. The van der Waals surface area contributed by atoms with E-state index in [1.807, 2.05) is 43.3 Å². The Morgan fingerprint density at radius 3 is 2.48 bits per heavy atom. The first kappa shape index (κ1) is 17.8. The summed E-state index contributed by atoms with van der Waals surface area (Å²) in [4.78, 5) is 9.35. The van der Waals surface area contributed by atoms with Crippen molar-refractivity contribution < 1.29 is 4.74 Å². The van der Waals surface area contributed by atoms with Crippen molar-refractivity contribution in [1.29, 1.82) is 0 Å². The molecule has 3 heterocycles. The van der Waals surface area contributed by atoms with Crippen molar-refractivity contribution in [2.75, 3.05) is 23.8 Å². The fraction of sp³-hybridized carbons (Fsp3) is 0.316. The molecule has 0 unspecified atom stereocenters. The van der Waals surface area contributed by atoms with Gasteiger partial charge in [0.05, 0.1) is 0 Å². The van der Waals surface area contributed by atoms with Crippen molar-refractivity contribution in [3.05, 3.63) is 47.1 Å². The van der Waals surface area contributed by atoms with Gasteiger partial charge in [0, 0.05) is 47.7 Å². The summed E-state index contributed by atoms with van der Waals surface area (Å²) in [5.74, 6) is 2.79. The van der Waals surface area contributed by atoms with Gasteiger partial charge in [-0.05, 0) is 44.0 Å². The van der Waals surface area contributed by atoms with E-state index in [1.54, 1.807) is 0 Å². The van der Waals surface area contributed by atoms with Gasteiger partial charge >= 0.3 is 0 Å². The SMILES string of the molecule is Cc1cc(Nc2cc(NC3CCOCC3)nc(-c3ccc(Cl)cc3)n2)n[nH]1. The van der Waals surface area contributed by atoms with Gasteiger partial charge in [-0.25, -0.2) is 9.97 Å². The first-order chi connectivity index (χ1) is 13.2. The quantitative estimate of drug-likeness (QED) is 0.612. The third kappa shape index (κ3) is 4.56. The second kappa shape index (κ2) is 7.94. The van der Waals surface area contributed by atoms with Gasteiger partial charge in [0.25, 0.3) is 0 Å². The summed E-state index contributed by atoms with van der Waals surface area (Å²) < 4.78 is 5.44. The van der Waals surface area contributed by atoms with Crippen LogP contribution in [0.5, 0.6) is 0 Å². The van der Waals surface area contributed by atoms with E-state index >= 15 is 0 Å². The molecule has 7 nitrogen and oxygen atoms in total. The molecule has 1 fully saturated rings. The normalized spacial score (nSPS) is 14.9. The second-order valence-electron chi connectivity index (χ2n) is 6.56. The molecular weight excluding hydrogens is 364 g/mol. The summed E-state index contributed by atoms with van der Waals surface area (Å²) in [6, 6.07) is 11.7. The van der Waals surface area contributed by atoms with E-state index in [9.17, 15) is 0 Å². The van der Waals surface area contributed by atoms with E-state index in [0.717, 1.165) is 43.1 Å². The predicted octanol–water partition coefficient (Wildman–Crippen LogP) is 4.16. The molecule has 8 heteroatoms. The molecule has 1 aromatic carbocycles. The molecule has 3 N–H and O–H groups in total. The van der Waals surface area contributed by atoms with Gasteiger partial charge in [-0.15, -0.1) is 0 Å². The first-order valence-corrected chi connectivity index (χ1v) is 9.32. The molecular formula is C19H21ClN6O. The van der Waals surface area contributed by atoms with Crippen LogP contribution >= 0.6 is 11.6 Å². The fourth-order valence-electron chi connectivity index (χ4n) is 2.98. The Morgan fingerprint density at radius 1 is 1.04 bits per heavy atom. The molecule has 0 bridgehead atoms. The molecule has 1 saturated heterocycles. The molecule has 0 spiro atoms. The number of ether oxygens (including phenoxy) is 1. The number of aromatic amines is 1. The van der Waals surface area contributed by atoms with Crippen LogP contribution in [0.3, 0.4) is 0 Å². The smallest absolute Gasteiger partial charge is 0.163 e. The van der Waals surface area contributed by atoms with Crippen LogP contribution in [0.2, 0.25) is 5.02 Å². The predicted molar refractivity (Wildman–Crippen MR) is 107 cm³/mol.